The van der Waals surface area contributed by atoms with E-state index in [-0.39, 0.29) is 21.9 Å². The lowest BCUT2D eigenvalue weighted by atomic mass is 10.1. The molecule has 144 valence electrons. The zero-order chi connectivity index (χ0) is 19.9. The van der Waals surface area contributed by atoms with Crippen molar-refractivity contribution in [3.8, 4) is 5.75 Å². The molecule has 0 unspecified atom stereocenters. The summed E-state index contributed by atoms with van der Waals surface area (Å²) in [6, 6.07) is 7.84. The van der Waals surface area contributed by atoms with Crippen molar-refractivity contribution in [3.63, 3.8) is 0 Å². The predicted octanol–water partition coefficient (Wildman–Crippen LogP) is 4.21. The third kappa shape index (κ3) is 3.79. The number of benzene rings is 2. The number of anilines is 2. The third-order valence-electron chi connectivity index (χ3n) is 4.35. The fraction of sp³-hybridized carbons (Fsp3) is 0.278. The summed E-state index contributed by atoms with van der Waals surface area (Å²) in [6.45, 7) is 3.32. The van der Waals surface area contributed by atoms with Gasteiger partial charge in [0.1, 0.15) is 10.6 Å². The molecule has 0 aromatic heterocycles. The smallest absolute Gasteiger partial charge is 0.264 e. The minimum atomic E-state index is -3.96. The van der Waals surface area contributed by atoms with Crippen LogP contribution in [0.1, 0.15) is 19.4 Å². The number of hydrogen-bond donors (Lipinski definition) is 1. The van der Waals surface area contributed by atoms with Crippen LogP contribution in [0.3, 0.4) is 0 Å². The second kappa shape index (κ2) is 7.33. The van der Waals surface area contributed by atoms with Gasteiger partial charge in [0.15, 0.2) is 0 Å². The number of halogens is 2. The van der Waals surface area contributed by atoms with Crippen LogP contribution in [0, 0.1) is 0 Å². The average Bonchev–Trinajstić information content (AvgIpc) is 2.89. The van der Waals surface area contributed by atoms with E-state index in [2.05, 4.69) is 20.7 Å². The highest BCUT2D eigenvalue weighted by Crippen LogP contribution is 2.41. The molecule has 3 rings (SSSR count). The molecule has 1 aliphatic heterocycles. The normalized spacial score (nSPS) is 16.2. The van der Waals surface area contributed by atoms with Gasteiger partial charge >= 0.3 is 0 Å². The summed E-state index contributed by atoms with van der Waals surface area (Å²) in [5, 5.41) is 0.288. The summed E-state index contributed by atoms with van der Waals surface area (Å²) in [5.41, 5.74) is 1.53. The van der Waals surface area contributed by atoms with Gasteiger partial charge in [0, 0.05) is 17.4 Å². The van der Waals surface area contributed by atoms with Crippen LogP contribution in [-0.4, -0.2) is 27.5 Å². The van der Waals surface area contributed by atoms with Crippen LogP contribution < -0.4 is 14.4 Å². The van der Waals surface area contributed by atoms with Gasteiger partial charge in [0.25, 0.3) is 10.0 Å². The van der Waals surface area contributed by atoms with E-state index in [1.807, 2.05) is 13.0 Å². The Morgan fingerprint density at radius 1 is 1.33 bits per heavy atom. The summed E-state index contributed by atoms with van der Waals surface area (Å²) in [5.74, 6) is 0.243. The topological polar surface area (TPSA) is 75.7 Å². The lowest BCUT2D eigenvalue weighted by Crippen LogP contribution is -2.34. The van der Waals surface area contributed by atoms with Gasteiger partial charge in [-0.15, -0.1) is 0 Å². The molecule has 0 radical (unpaired) electrons. The first-order valence-corrected chi connectivity index (χ1v) is 10.8. The predicted molar refractivity (Wildman–Crippen MR) is 109 cm³/mol. The lowest BCUT2D eigenvalue weighted by molar-refractivity contribution is -0.116. The van der Waals surface area contributed by atoms with Crippen molar-refractivity contribution in [2.24, 2.45) is 0 Å². The third-order valence-corrected chi connectivity index (χ3v) is 6.50. The van der Waals surface area contributed by atoms with Crippen LogP contribution >= 0.6 is 27.5 Å². The van der Waals surface area contributed by atoms with Crippen molar-refractivity contribution in [2.45, 2.75) is 31.2 Å². The van der Waals surface area contributed by atoms with E-state index in [4.69, 9.17) is 16.3 Å². The van der Waals surface area contributed by atoms with Gasteiger partial charge in [0.05, 0.1) is 23.5 Å². The van der Waals surface area contributed by atoms with E-state index in [1.165, 1.54) is 31.1 Å². The first-order valence-electron chi connectivity index (χ1n) is 8.12. The van der Waals surface area contributed by atoms with Crippen LogP contribution in [0.4, 0.5) is 11.4 Å². The molecule has 1 amide bonds. The second-order valence-corrected chi connectivity index (χ2v) is 9.28. The van der Waals surface area contributed by atoms with Gasteiger partial charge in [-0.2, -0.15) is 0 Å². The number of sulfonamides is 1. The van der Waals surface area contributed by atoms with Gasteiger partial charge in [-0.1, -0.05) is 27.5 Å². The lowest BCUT2D eigenvalue weighted by Gasteiger charge is -2.23. The number of rotatable bonds is 4. The molecular weight excluding hydrogens is 456 g/mol. The van der Waals surface area contributed by atoms with Crippen molar-refractivity contribution in [2.75, 3.05) is 16.7 Å². The maximum Gasteiger partial charge on any atom is 0.264 e. The van der Waals surface area contributed by atoms with Gasteiger partial charge < -0.3 is 9.64 Å². The number of fused-ring (bicyclic) bond motifs is 1. The Balaban J connectivity index is 2.08. The zero-order valence-electron chi connectivity index (χ0n) is 14.9. The molecule has 0 bridgehead atoms. The molecule has 0 fully saturated rings. The molecule has 0 spiro atoms. The van der Waals surface area contributed by atoms with Gasteiger partial charge in [-0.05, 0) is 49.2 Å². The highest BCUT2D eigenvalue weighted by Gasteiger charge is 2.35. The Kier molecular flexibility index (Phi) is 5.42. The minimum Gasteiger partial charge on any atom is -0.495 e. The van der Waals surface area contributed by atoms with E-state index >= 15 is 0 Å². The Hall–Kier alpha value is -1.77. The Labute approximate surface area is 171 Å². The molecular formula is C18H18BrClN2O4S. The summed E-state index contributed by atoms with van der Waals surface area (Å²) in [6.07, 6.45) is 0.589. The molecule has 2 aromatic carbocycles. The number of carbonyl (C=O) groups is 1. The van der Waals surface area contributed by atoms with Gasteiger partial charge in [0.2, 0.25) is 5.91 Å². The quantitative estimate of drug-likeness (QED) is 0.722. The standard InChI is InChI=1S/C18H18BrClN2O4S/c1-10-6-12-7-13(19)8-17(18(12)22(10)11(2)23)27(24,25)21-14-4-5-16(26-3)15(20)9-14/h4-5,7-10,21H,6H2,1-3H3/t10-/m0/s1. The van der Waals surface area contributed by atoms with Gasteiger partial charge in [-0.25, -0.2) is 8.42 Å². The molecule has 1 aliphatic rings. The average molecular weight is 474 g/mol. The van der Waals surface area contributed by atoms with Crippen LogP contribution in [0.2, 0.25) is 5.02 Å². The Morgan fingerprint density at radius 3 is 2.63 bits per heavy atom. The van der Waals surface area contributed by atoms with Crippen molar-refractivity contribution >= 4 is 54.8 Å². The Bertz CT molecular complexity index is 1030. The molecule has 1 heterocycles. The zero-order valence-corrected chi connectivity index (χ0v) is 18.1. The monoisotopic (exact) mass is 472 g/mol. The van der Waals surface area contributed by atoms with Crippen molar-refractivity contribution in [1.29, 1.82) is 0 Å². The second-order valence-electron chi connectivity index (χ2n) is 6.31. The summed E-state index contributed by atoms with van der Waals surface area (Å²) < 4.78 is 34.5. The number of ether oxygens (including phenoxy) is 1. The molecule has 1 N–H and O–H groups in total. The van der Waals surface area contributed by atoms with Crippen molar-refractivity contribution in [3.05, 3.63) is 45.4 Å². The molecule has 27 heavy (non-hydrogen) atoms. The molecule has 0 saturated carbocycles. The van der Waals surface area contributed by atoms with E-state index in [9.17, 15) is 13.2 Å². The largest absolute Gasteiger partial charge is 0.495 e. The van der Waals surface area contributed by atoms with Crippen LogP contribution in [0.5, 0.6) is 5.75 Å². The summed E-state index contributed by atoms with van der Waals surface area (Å²) >= 11 is 9.45. The SMILES string of the molecule is COc1ccc(NS(=O)(=O)c2cc(Br)cc3c2N(C(C)=O)[C@@H](C)C3)cc1Cl. The number of nitrogens with zero attached hydrogens (tertiary/aromatic N) is 1. The molecule has 2 aromatic rings. The molecule has 6 nitrogen and oxygen atoms in total. The van der Waals surface area contributed by atoms with Crippen molar-refractivity contribution in [1.82, 2.24) is 0 Å². The minimum absolute atomic E-state index is 0.0402. The van der Waals surface area contributed by atoms with Crippen LogP contribution in [0.25, 0.3) is 0 Å². The fourth-order valence-electron chi connectivity index (χ4n) is 3.30. The van der Waals surface area contributed by atoms with E-state index in [1.54, 1.807) is 12.1 Å². The molecule has 9 heteroatoms. The number of hydrogen-bond acceptors (Lipinski definition) is 4. The maximum absolute atomic E-state index is 13.1. The number of nitrogens with one attached hydrogen (secondary N) is 1. The molecule has 1 atom stereocenters. The highest BCUT2D eigenvalue weighted by molar-refractivity contribution is 9.10. The molecule has 0 saturated heterocycles. The Morgan fingerprint density at radius 2 is 2.04 bits per heavy atom. The van der Waals surface area contributed by atoms with Crippen molar-refractivity contribution < 1.29 is 17.9 Å². The number of carbonyl (C=O) groups excluding carboxylic acids is 1. The fourth-order valence-corrected chi connectivity index (χ4v) is 5.53. The maximum atomic E-state index is 13.1. The molecule has 0 aliphatic carbocycles. The van der Waals surface area contributed by atoms with E-state index in [0.717, 1.165) is 5.56 Å². The number of methoxy groups -OCH3 is 1. The first kappa shape index (κ1) is 20.0. The van der Waals surface area contributed by atoms with E-state index < -0.39 is 10.0 Å². The van der Waals surface area contributed by atoms with Crippen LogP contribution in [-0.2, 0) is 21.2 Å². The van der Waals surface area contributed by atoms with Crippen LogP contribution in [0.15, 0.2) is 39.7 Å². The van der Waals surface area contributed by atoms with E-state index in [0.29, 0.717) is 28.0 Å². The summed E-state index contributed by atoms with van der Waals surface area (Å²) in [7, 11) is -2.48. The highest BCUT2D eigenvalue weighted by atomic mass is 79.9. The summed E-state index contributed by atoms with van der Waals surface area (Å²) in [4.78, 5) is 13.7. The number of amides is 1. The van der Waals surface area contributed by atoms with Gasteiger partial charge in [-0.3, -0.25) is 9.52 Å². The first-order chi connectivity index (χ1) is 12.6.